The van der Waals surface area contributed by atoms with Gasteiger partial charge in [0.2, 0.25) is 0 Å². The van der Waals surface area contributed by atoms with Gasteiger partial charge < -0.3 is 4.42 Å². The van der Waals surface area contributed by atoms with Crippen molar-refractivity contribution in [1.82, 2.24) is 0 Å². The summed E-state index contributed by atoms with van der Waals surface area (Å²) in [5.74, 6) is 0.713. The van der Waals surface area contributed by atoms with Crippen molar-refractivity contribution in [1.29, 1.82) is 0 Å². The second-order valence-electron chi connectivity index (χ2n) is 5.80. The van der Waals surface area contributed by atoms with E-state index in [9.17, 15) is 0 Å². The molecule has 0 amide bonds. The molecule has 4 heteroatoms. The Balaban J connectivity index is 1.56. The van der Waals surface area contributed by atoms with Gasteiger partial charge in [-0.1, -0.05) is 66.4 Å². The van der Waals surface area contributed by atoms with Gasteiger partial charge in [0, 0.05) is 4.90 Å². The van der Waals surface area contributed by atoms with E-state index < -0.39 is 0 Å². The van der Waals surface area contributed by atoms with Gasteiger partial charge in [-0.3, -0.25) is 0 Å². The minimum Gasteiger partial charge on any atom is -0.448 e. The Morgan fingerprint density at radius 2 is 1.22 bits per heavy atom. The number of para-hydroxylation sites is 2. The minimum atomic E-state index is 0.713. The monoisotopic (exact) mass is 370 g/mol. The molecule has 4 aromatic rings. The molecule has 0 radical (unpaired) electrons. The first kappa shape index (κ1) is 17.2. The van der Waals surface area contributed by atoms with Crippen LogP contribution >= 0.6 is 11.8 Å². The Morgan fingerprint density at radius 3 is 1.81 bits per heavy atom. The largest absolute Gasteiger partial charge is 0.448 e. The van der Waals surface area contributed by atoms with E-state index in [-0.39, 0.29) is 0 Å². The number of hydrogen-bond acceptors (Lipinski definition) is 4. The summed E-state index contributed by atoms with van der Waals surface area (Å²) >= 11 is 1.59. The normalized spacial score (nSPS) is 11.0. The number of nitrogens with zero attached hydrogens (tertiary/aromatic N) is 2. The number of benzene rings is 3. The smallest absolute Gasteiger partial charge is 0.165 e. The van der Waals surface area contributed by atoms with Gasteiger partial charge in [0.25, 0.3) is 0 Å². The molecule has 1 aromatic heterocycles. The minimum absolute atomic E-state index is 0.713. The van der Waals surface area contributed by atoms with Crippen molar-refractivity contribution in [2.75, 3.05) is 5.01 Å². The molecule has 3 aromatic carbocycles. The number of hydrogen-bond donors (Lipinski definition) is 0. The molecule has 0 saturated heterocycles. The molecule has 0 aliphatic rings. The third-order valence-corrected chi connectivity index (χ3v) is 4.79. The van der Waals surface area contributed by atoms with Gasteiger partial charge in [0.05, 0.1) is 17.6 Å². The predicted octanol–water partition coefficient (Wildman–Crippen LogP) is 6.60. The van der Waals surface area contributed by atoms with Gasteiger partial charge >= 0.3 is 0 Å². The van der Waals surface area contributed by atoms with Crippen molar-refractivity contribution in [3.8, 4) is 0 Å². The molecule has 0 aliphatic heterocycles. The molecular weight excluding hydrogens is 352 g/mol. The van der Waals surface area contributed by atoms with Crippen molar-refractivity contribution >= 4 is 29.4 Å². The highest BCUT2D eigenvalue weighted by Crippen LogP contribution is 2.29. The third kappa shape index (κ3) is 4.49. The fourth-order valence-electron chi connectivity index (χ4n) is 2.60. The lowest BCUT2D eigenvalue weighted by atomic mass is 10.2. The molecule has 0 bridgehead atoms. The zero-order valence-corrected chi connectivity index (χ0v) is 15.4. The van der Waals surface area contributed by atoms with Gasteiger partial charge in [-0.25, -0.2) is 5.01 Å². The highest BCUT2D eigenvalue weighted by atomic mass is 32.2. The van der Waals surface area contributed by atoms with Crippen LogP contribution in [0.2, 0.25) is 0 Å². The third-order valence-electron chi connectivity index (χ3n) is 3.87. The van der Waals surface area contributed by atoms with Crippen LogP contribution in [-0.4, -0.2) is 6.21 Å². The Hall–Kier alpha value is -3.24. The lowest BCUT2D eigenvalue weighted by Crippen LogP contribution is -2.08. The van der Waals surface area contributed by atoms with E-state index in [0.717, 1.165) is 21.4 Å². The summed E-state index contributed by atoms with van der Waals surface area (Å²) in [5, 5.41) is 7.40. The van der Waals surface area contributed by atoms with Crippen molar-refractivity contribution in [3.63, 3.8) is 0 Å². The van der Waals surface area contributed by atoms with E-state index in [1.165, 1.54) is 0 Å². The van der Waals surface area contributed by atoms with Gasteiger partial charge in [0.1, 0.15) is 5.76 Å². The molecule has 3 nitrogen and oxygen atoms in total. The standard InChI is InChI=1S/C23H18N2OS/c1-4-10-19(11-5-1)25(20-12-6-2-7-13-20)24-18-21-16-17-23(26-21)27-22-14-8-3-9-15-22/h1-18H/b24-18-. The van der Waals surface area contributed by atoms with Crippen LogP contribution < -0.4 is 5.01 Å². The average molecular weight is 370 g/mol. The van der Waals surface area contributed by atoms with Crippen LogP contribution in [0.3, 0.4) is 0 Å². The highest BCUT2D eigenvalue weighted by Gasteiger charge is 2.08. The SMILES string of the molecule is C(=N/N(c1ccccc1)c1ccccc1)/c1ccc(Sc2ccccc2)o1. The zero-order valence-electron chi connectivity index (χ0n) is 14.6. The Kier molecular flexibility index (Phi) is 5.36. The first-order valence-electron chi connectivity index (χ1n) is 8.65. The van der Waals surface area contributed by atoms with Crippen molar-refractivity contribution in [3.05, 3.63) is 109 Å². The molecule has 0 fully saturated rings. The summed E-state index contributed by atoms with van der Waals surface area (Å²) in [4.78, 5) is 1.14. The molecule has 1 heterocycles. The molecule has 4 rings (SSSR count). The quantitative estimate of drug-likeness (QED) is 0.283. The Bertz CT molecular complexity index is 959. The van der Waals surface area contributed by atoms with Gasteiger partial charge in [0.15, 0.2) is 5.09 Å². The molecule has 0 aliphatic carbocycles. The van der Waals surface area contributed by atoms with Gasteiger partial charge in [-0.2, -0.15) is 5.10 Å². The second-order valence-corrected chi connectivity index (χ2v) is 6.88. The van der Waals surface area contributed by atoms with Crippen LogP contribution in [0, 0.1) is 0 Å². The Morgan fingerprint density at radius 1 is 0.667 bits per heavy atom. The Labute approximate surface area is 163 Å². The molecule has 0 spiro atoms. The highest BCUT2D eigenvalue weighted by molar-refractivity contribution is 7.99. The van der Waals surface area contributed by atoms with Crippen molar-refractivity contribution in [2.24, 2.45) is 5.10 Å². The topological polar surface area (TPSA) is 28.7 Å². The maximum atomic E-state index is 5.90. The summed E-state index contributed by atoms with van der Waals surface area (Å²) in [7, 11) is 0. The molecule has 0 unspecified atom stereocenters. The van der Waals surface area contributed by atoms with Crippen LogP contribution in [0.15, 0.2) is 123 Å². The van der Waals surface area contributed by atoms with E-state index in [1.807, 2.05) is 96.0 Å². The fourth-order valence-corrected chi connectivity index (χ4v) is 3.40. The maximum Gasteiger partial charge on any atom is 0.165 e. The average Bonchev–Trinajstić information content (AvgIpc) is 3.18. The van der Waals surface area contributed by atoms with Crippen LogP contribution in [0.5, 0.6) is 0 Å². The van der Waals surface area contributed by atoms with Crippen LogP contribution in [0.25, 0.3) is 0 Å². The number of rotatable bonds is 6. The molecule has 0 N–H and O–H groups in total. The molecular formula is C23H18N2OS. The van der Waals surface area contributed by atoms with E-state index in [4.69, 9.17) is 4.42 Å². The van der Waals surface area contributed by atoms with E-state index in [0.29, 0.717) is 5.76 Å². The lowest BCUT2D eigenvalue weighted by molar-refractivity contribution is 0.469. The van der Waals surface area contributed by atoms with Crippen LogP contribution in [-0.2, 0) is 0 Å². The van der Waals surface area contributed by atoms with E-state index in [2.05, 4.69) is 17.2 Å². The van der Waals surface area contributed by atoms with Gasteiger partial charge in [-0.05, 0) is 48.5 Å². The lowest BCUT2D eigenvalue weighted by Gasteiger charge is -2.18. The van der Waals surface area contributed by atoms with E-state index >= 15 is 0 Å². The summed E-state index contributed by atoms with van der Waals surface area (Å²) < 4.78 is 5.90. The number of anilines is 2. The first-order valence-corrected chi connectivity index (χ1v) is 9.47. The zero-order chi connectivity index (χ0) is 18.3. The van der Waals surface area contributed by atoms with Crippen LogP contribution in [0.4, 0.5) is 11.4 Å². The van der Waals surface area contributed by atoms with Crippen LogP contribution in [0.1, 0.15) is 5.76 Å². The summed E-state index contributed by atoms with van der Waals surface area (Å²) in [6.45, 7) is 0. The first-order chi connectivity index (χ1) is 13.4. The maximum absolute atomic E-state index is 5.90. The molecule has 0 saturated carbocycles. The molecule has 0 atom stereocenters. The predicted molar refractivity (Wildman–Crippen MR) is 112 cm³/mol. The second kappa shape index (κ2) is 8.43. The van der Waals surface area contributed by atoms with E-state index in [1.54, 1.807) is 18.0 Å². The summed E-state index contributed by atoms with van der Waals surface area (Å²) in [5.41, 5.74) is 1.98. The number of furan rings is 1. The van der Waals surface area contributed by atoms with Crippen molar-refractivity contribution in [2.45, 2.75) is 9.99 Å². The van der Waals surface area contributed by atoms with Gasteiger partial charge in [-0.15, -0.1) is 0 Å². The molecule has 132 valence electrons. The summed E-state index contributed by atoms with van der Waals surface area (Å²) in [6.07, 6.45) is 1.75. The number of hydrazone groups is 1. The fraction of sp³-hybridized carbons (Fsp3) is 0. The molecule has 27 heavy (non-hydrogen) atoms. The van der Waals surface area contributed by atoms with Crippen molar-refractivity contribution < 1.29 is 4.42 Å². The summed E-state index contributed by atoms with van der Waals surface area (Å²) in [6, 6.07) is 34.2.